The Morgan fingerprint density at radius 1 is 1.29 bits per heavy atom. The minimum Gasteiger partial charge on any atom is -0.482 e. The topological polar surface area (TPSA) is 72.7 Å². The Bertz CT molecular complexity index is 751. The van der Waals surface area contributed by atoms with Crippen molar-refractivity contribution in [2.75, 3.05) is 13.7 Å². The van der Waals surface area contributed by atoms with Crippen molar-refractivity contribution in [3.8, 4) is 5.75 Å². The molecule has 6 nitrogen and oxygen atoms in total. The first-order valence-electron chi connectivity index (χ1n) is 7.27. The molecule has 0 aromatic heterocycles. The van der Waals surface area contributed by atoms with Crippen LogP contribution >= 0.6 is 11.6 Å². The molecule has 0 aliphatic carbocycles. The van der Waals surface area contributed by atoms with E-state index in [1.54, 1.807) is 50.4 Å². The Balaban J connectivity index is 2.03. The third-order valence-corrected chi connectivity index (χ3v) is 4.04. The highest BCUT2D eigenvalue weighted by Crippen LogP contribution is 2.25. The molecule has 0 radical (unpaired) electrons. The molecule has 0 bridgehead atoms. The number of nitrogens with zero attached hydrogens (tertiary/aromatic N) is 2. The van der Waals surface area contributed by atoms with Crippen LogP contribution in [0.1, 0.15) is 18.5 Å². The van der Waals surface area contributed by atoms with Gasteiger partial charge in [0.1, 0.15) is 5.75 Å². The largest absolute Gasteiger partial charge is 0.482 e. The van der Waals surface area contributed by atoms with E-state index in [1.165, 1.54) is 17.0 Å². The van der Waals surface area contributed by atoms with Crippen LogP contribution in [-0.4, -0.2) is 29.4 Å². The number of para-hydroxylation sites is 1. The number of likely N-dealkylation sites (N-methyl/N-ethyl adjacent to an activating group) is 1. The van der Waals surface area contributed by atoms with Crippen LogP contribution in [-0.2, 0) is 4.79 Å². The van der Waals surface area contributed by atoms with E-state index in [-0.39, 0.29) is 24.2 Å². The molecule has 2 aromatic carbocycles. The first kappa shape index (κ1) is 17.7. The van der Waals surface area contributed by atoms with Crippen molar-refractivity contribution < 1.29 is 14.5 Å². The van der Waals surface area contributed by atoms with E-state index in [2.05, 4.69) is 0 Å². The average Bonchev–Trinajstić information content (AvgIpc) is 2.59. The molecule has 126 valence electrons. The number of carbonyl (C=O) groups is 1. The standard InChI is InChI=1S/C17H17ClN2O4/c1-12(13-6-5-7-14(10-13)20(22)23)19(2)17(21)11-24-16-9-4-3-8-15(16)18/h3-10,12H,11H2,1-2H3/t12-/m0/s1. The van der Waals surface area contributed by atoms with Crippen molar-refractivity contribution in [1.82, 2.24) is 4.90 Å². The Kier molecular flexibility index (Phi) is 5.76. The molecule has 24 heavy (non-hydrogen) atoms. The lowest BCUT2D eigenvalue weighted by molar-refractivity contribution is -0.384. The number of halogens is 1. The molecule has 2 aromatic rings. The van der Waals surface area contributed by atoms with Gasteiger partial charge in [-0.05, 0) is 24.6 Å². The van der Waals surface area contributed by atoms with Gasteiger partial charge in [-0.3, -0.25) is 14.9 Å². The van der Waals surface area contributed by atoms with Gasteiger partial charge in [-0.25, -0.2) is 0 Å². The van der Waals surface area contributed by atoms with Crippen molar-refractivity contribution >= 4 is 23.2 Å². The summed E-state index contributed by atoms with van der Waals surface area (Å²) in [5.74, 6) is 0.179. The van der Waals surface area contributed by atoms with E-state index in [0.29, 0.717) is 16.3 Å². The van der Waals surface area contributed by atoms with Crippen LogP contribution < -0.4 is 4.74 Å². The lowest BCUT2D eigenvalue weighted by Gasteiger charge is -2.25. The molecule has 7 heteroatoms. The second-order valence-corrected chi connectivity index (χ2v) is 5.66. The van der Waals surface area contributed by atoms with Crippen LogP contribution in [0, 0.1) is 10.1 Å². The van der Waals surface area contributed by atoms with Crippen molar-refractivity contribution in [1.29, 1.82) is 0 Å². The van der Waals surface area contributed by atoms with Gasteiger partial charge in [0.2, 0.25) is 0 Å². The molecule has 1 amide bonds. The number of rotatable bonds is 6. The first-order chi connectivity index (χ1) is 11.4. The van der Waals surface area contributed by atoms with E-state index in [1.807, 2.05) is 0 Å². The smallest absolute Gasteiger partial charge is 0.269 e. The van der Waals surface area contributed by atoms with Crippen LogP contribution in [0.15, 0.2) is 48.5 Å². The third kappa shape index (κ3) is 4.23. The van der Waals surface area contributed by atoms with Crippen molar-refractivity contribution in [2.24, 2.45) is 0 Å². The van der Waals surface area contributed by atoms with Crippen molar-refractivity contribution in [3.05, 3.63) is 69.2 Å². The minimum atomic E-state index is -0.460. The molecule has 2 rings (SSSR count). The molecule has 0 aliphatic heterocycles. The van der Waals surface area contributed by atoms with Crippen LogP contribution in [0.4, 0.5) is 5.69 Å². The highest BCUT2D eigenvalue weighted by molar-refractivity contribution is 6.32. The molecule has 0 heterocycles. The van der Waals surface area contributed by atoms with Gasteiger partial charge < -0.3 is 9.64 Å². The fraction of sp³-hybridized carbons (Fsp3) is 0.235. The molecule has 0 N–H and O–H groups in total. The van der Waals surface area contributed by atoms with Crippen LogP contribution in [0.2, 0.25) is 5.02 Å². The summed E-state index contributed by atoms with van der Waals surface area (Å²) in [6, 6.07) is 12.8. The summed E-state index contributed by atoms with van der Waals surface area (Å²) in [4.78, 5) is 24.2. The second kappa shape index (κ2) is 7.79. The number of benzene rings is 2. The molecule has 0 unspecified atom stereocenters. The van der Waals surface area contributed by atoms with Gasteiger partial charge in [-0.15, -0.1) is 0 Å². The molecule has 0 saturated carbocycles. The molecule has 0 fully saturated rings. The molecule has 0 spiro atoms. The molecular formula is C17H17ClN2O4. The maximum absolute atomic E-state index is 12.3. The number of nitro groups is 1. The number of amides is 1. The minimum absolute atomic E-state index is 0.00693. The van der Waals surface area contributed by atoms with Gasteiger partial charge >= 0.3 is 0 Å². The van der Waals surface area contributed by atoms with Gasteiger partial charge in [0.25, 0.3) is 11.6 Å². The predicted octanol–water partition coefficient (Wildman–Crippen LogP) is 3.85. The summed E-state index contributed by atoms with van der Waals surface area (Å²) in [5.41, 5.74) is 0.672. The zero-order valence-corrected chi connectivity index (χ0v) is 14.1. The normalized spacial score (nSPS) is 11.6. The monoisotopic (exact) mass is 348 g/mol. The number of hydrogen-bond acceptors (Lipinski definition) is 4. The second-order valence-electron chi connectivity index (χ2n) is 5.25. The summed E-state index contributed by atoms with van der Waals surface area (Å²) < 4.78 is 5.44. The highest BCUT2D eigenvalue weighted by atomic mass is 35.5. The Labute approximate surface area is 144 Å². The van der Waals surface area contributed by atoms with Gasteiger partial charge in [0.15, 0.2) is 6.61 Å². The quantitative estimate of drug-likeness (QED) is 0.587. The lowest BCUT2D eigenvalue weighted by Crippen LogP contribution is -2.33. The maximum Gasteiger partial charge on any atom is 0.269 e. The number of ether oxygens (including phenoxy) is 1. The Morgan fingerprint density at radius 3 is 2.67 bits per heavy atom. The van der Waals surface area contributed by atoms with Gasteiger partial charge in [-0.1, -0.05) is 35.9 Å². The Hall–Kier alpha value is -2.60. The summed E-state index contributed by atoms with van der Waals surface area (Å²) in [7, 11) is 1.63. The molecular weight excluding hydrogens is 332 g/mol. The fourth-order valence-corrected chi connectivity index (χ4v) is 2.33. The number of nitro benzene ring substituents is 1. The summed E-state index contributed by atoms with van der Waals surface area (Å²) in [6.45, 7) is 1.63. The van der Waals surface area contributed by atoms with Crippen LogP contribution in [0.25, 0.3) is 0 Å². The molecule has 1 atom stereocenters. The van der Waals surface area contributed by atoms with Gasteiger partial charge in [-0.2, -0.15) is 0 Å². The van der Waals surface area contributed by atoms with E-state index in [0.717, 1.165) is 0 Å². The van der Waals surface area contributed by atoms with Crippen molar-refractivity contribution in [3.63, 3.8) is 0 Å². The van der Waals surface area contributed by atoms with Crippen LogP contribution in [0.5, 0.6) is 5.75 Å². The number of carbonyl (C=O) groups excluding carboxylic acids is 1. The maximum atomic E-state index is 12.3. The van der Waals surface area contributed by atoms with E-state index in [9.17, 15) is 14.9 Å². The highest BCUT2D eigenvalue weighted by Gasteiger charge is 2.20. The Morgan fingerprint density at radius 2 is 2.00 bits per heavy atom. The zero-order chi connectivity index (χ0) is 17.7. The number of hydrogen-bond donors (Lipinski definition) is 0. The zero-order valence-electron chi connectivity index (χ0n) is 13.3. The molecule has 0 aliphatic rings. The lowest BCUT2D eigenvalue weighted by atomic mass is 10.1. The summed E-state index contributed by atoms with van der Waals surface area (Å²) >= 11 is 5.98. The van der Waals surface area contributed by atoms with E-state index >= 15 is 0 Å². The van der Waals surface area contributed by atoms with E-state index < -0.39 is 4.92 Å². The molecule has 0 saturated heterocycles. The number of non-ortho nitro benzene ring substituents is 1. The van der Waals surface area contributed by atoms with Crippen molar-refractivity contribution in [2.45, 2.75) is 13.0 Å². The van der Waals surface area contributed by atoms with Gasteiger partial charge in [0, 0.05) is 19.2 Å². The van der Waals surface area contributed by atoms with E-state index in [4.69, 9.17) is 16.3 Å². The summed E-state index contributed by atoms with van der Waals surface area (Å²) in [6.07, 6.45) is 0. The fourth-order valence-electron chi connectivity index (χ4n) is 2.14. The SMILES string of the molecule is C[C@@H](c1cccc([N+](=O)[O-])c1)N(C)C(=O)COc1ccccc1Cl. The summed E-state index contributed by atoms with van der Waals surface area (Å²) in [5, 5.41) is 11.3. The van der Waals surface area contributed by atoms with Gasteiger partial charge in [0.05, 0.1) is 16.0 Å². The van der Waals surface area contributed by atoms with Crippen LogP contribution in [0.3, 0.4) is 0 Å². The first-order valence-corrected chi connectivity index (χ1v) is 7.65. The predicted molar refractivity (Wildman–Crippen MR) is 91.2 cm³/mol. The third-order valence-electron chi connectivity index (χ3n) is 3.73. The average molecular weight is 349 g/mol.